The minimum absolute atomic E-state index is 0. The van der Waals surface area contributed by atoms with Gasteiger partial charge in [-0.15, -0.1) is 24.0 Å². The lowest BCUT2D eigenvalue weighted by molar-refractivity contribution is 0.454. The Morgan fingerprint density at radius 3 is 2.47 bits per heavy atom. The summed E-state index contributed by atoms with van der Waals surface area (Å²) in [5, 5.41) is 7.38. The Hall–Kier alpha value is -1.77. The summed E-state index contributed by atoms with van der Waals surface area (Å²) in [5.74, 6) is 3.05. The van der Waals surface area contributed by atoms with Crippen LogP contribution in [0.25, 0.3) is 0 Å². The van der Waals surface area contributed by atoms with Gasteiger partial charge in [-0.25, -0.2) is 4.98 Å². The van der Waals surface area contributed by atoms with E-state index in [0.717, 1.165) is 56.4 Å². The molecule has 6 nitrogen and oxygen atoms in total. The quantitative estimate of drug-likeness (QED) is 0.336. The van der Waals surface area contributed by atoms with Crippen LogP contribution in [-0.4, -0.2) is 42.7 Å². The second-order valence-electron chi connectivity index (χ2n) is 8.28. The van der Waals surface area contributed by atoms with Crippen molar-refractivity contribution >= 4 is 35.8 Å². The van der Waals surface area contributed by atoms with Crippen LogP contribution < -0.4 is 15.5 Å². The summed E-state index contributed by atoms with van der Waals surface area (Å²) in [7, 11) is 0. The monoisotopic (exact) mass is 523 g/mol. The van der Waals surface area contributed by atoms with E-state index in [9.17, 15) is 0 Å². The van der Waals surface area contributed by atoms with E-state index < -0.39 is 0 Å². The SMILES string of the molecule is Cc1ccc(N2CCC(NC(=NCCc3ccco3)NC3CCCC3)CC2)nc1.I. The molecule has 0 atom stereocenters. The first-order chi connectivity index (χ1) is 14.3. The molecule has 2 fully saturated rings. The summed E-state index contributed by atoms with van der Waals surface area (Å²) in [6.07, 6.45) is 11.8. The lowest BCUT2D eigenvalue weighted by atomic mass is 10.1. The van der Waals surface area contributed by atoms with E-state index in [1.807, 2.05) is 18.3 Å². The minimum atomic E-state index is 0. The molecule has 0 aromatic carbocycles. The van der Waals surface area contributed by atoms with Crippen LogP contribution in [0, 0.1) is 6.92 Å². The van der Waals surface area contributed by atoms with Crippen LogP contribution in [0.15, 0.2) is 46.1 Å². The number of halogens is 1. The number of nitrogens with zero attached hydrogens (tertiary/aromatic N) is 3. The molecule has 0 spiro atoms. The van der Waals surface area contributed by atoms with Gasteiger partial charge in [-0.2, -0.15) is 0 Å². The zero-order valence-electron chi connectivity index (χ0n) is 17.8. The lowest BCUT2D eigenvalue weighted by Gasteiger charge is -2.34. The number of guanidine groups is 1. The smallest absolute Gasteiger partial charge is 0.191 e. The number of aromatic nitrogens is 1. The highest BCUT2D eigenvalue weighted by molar-refractivity contribution is 14.0. The molecule has 30 heavy (non-hydrogen) atoms. The maximum absolute atomic E-state index is 5.44. The molecule has 1 saturated carbocycles. The van der Waals surface area contributed by atoms with Gasteiger partial charge < -0.3 is 20.0 Å². The van der Waals surface area contributed by atoms with Crippen LogP contribution in [0.2, 0.25) is 0 Å². The Balaban J connectivity index is 0.00000256. The average Bonchev–Trinajstić information content (AvgIpc) is 3.44. The van der Waals surface area contributed by atoms with E-state index in [1.54, 1.807) is 6.26 Å². The fraction of sp³-hybridized carbons (Fsp3) is 0.565. The van der Waals surface area contributed by atoms with Crippen molar-refractivity contribution < 1.29 is 4.42 Å². The lowest BCUT2D eigenvalue weighted by Crippen LogP contribution is -2.50. The topological polar surface area (TPSA) is 65.7 Å². The standard InChI is InChI=1S/C23H33N5O.HI/c1-18-8-9-22(25-17-18)28-14-11-20(12-15-28)27-23(26-19-5-2-3-6-19)24-13-10-21-7-4-16-29-21;/h4,7-9,16-17,19-20H,2-3,5-6,10-15H2,1H3,(H2,24,26,27);1H. The first kappa shape index (κ1) is 22.9. The summed E-state index contributed by atoms with van der Waals surface area (Å²) in [6, 6.07) is 9.23. The summed E-state index contributed by atoms with van der Waals surface area (Å²) in [4.78, 5) is 11.8. The third-order valence-electron chi connectivity index (χ3n) is 5.96. The molecule has 2 aromatic rings. The van der Waals surface area contributed by atoms with Crippen LogP contribution in [0.5, 0.6) is 0 Å². The van der Waals surface area contributed by atoms with Gasteiger partial charge in [0.25, 0.3) is 0 Å². The average molecular weight is 523 g/mol. The molecule has 0 unspecified atom stereocenters. The number of pyridine rings is 1. The van der Waals surface area contributed by atoms with Crippen LogP contribution in [0.4, 0.5) is 5.82 Å². The van der Waals surface area contributed by atoms with E-state index in [-0.39, 0.29) is 24.0 Å². The van der Waals surface area contributed by atoms with Gasteiger partial charge in [0.15, 0.2) is 5.96 Å². The zero-order chi connectivity index (χ0) is 19.9. The molecule has 7 heteroatoms. The molecule has 1 aliphatic heterocycles. The molecule has 0 amide bonds. The molecule has 164 valence electrons. The van der Waals surface area contributed by atoms with E-state index in [4.69, 9.17) is 9.41 Å². The Morgan fingerprint density at radius 1 is 1.10 bits per heavy atom. The van der Waals surface area contributed by atoms with Gasteiger partial charge in [0.2, 0.25) is 0 Å². The van der Waals surface area contributed by atoms with Crippen molar-refractivity contribution in [3.8, 4) is 0 Å². The molecular formula is C23H34IN5O. The first-order valence-electron chi connectivity index (χ1n) is 11.0. The Kier molecular flexibility index (Phi) is 8.84. The normalized spacial score (nSPS) is 18.3. The van der Waals surface area contributed by atoms with Crippen molar-refractivity contribution in [2.45, 2.75) is 64.0 Å². The molecule has 4 rings (SSSR count). The molecule has 2 aromatic heterocycles. The van der Waals surface area contributed by atoms with Crippen molar-refractivity contribution in [2.24, 2.45) is 4.99 Å². The predicted molar refractivity (Wildman–Crippen MR) is 133 cm³/mol. The fourth-order valence-electron chi connectivity index (χ4n) is 4.22. The molecular weight excluding hydrogens is 489 g/mol. The molecule has 0 bridgehead atoms. The number of rotatable bonds is 6. The van der Waals surface area contributed by atoms with Crippen molar-refractivity contribution in [3.05, 3.63) is 48.0 Å². The summed E-state index contributed by atoms with van der Waals surface area (Å²) < 4.78 is 5.44. The predicted octanol–water partition coefficient (Wildman–Crippen LogP) is 4.29. The van der Waals surface area contributed by atoms with Crippen molar-refractivity contribution in [1.82, 2.24) is 15.6 Å². The molecule has 2 aliphatic rings. The second-order valence-corrected chi connectivity index (χ2v) is 8.28. The van der Waals surface area contributed by atoms with E-state index in [2.05, 4.69) is 39.6 Å². The summed E-state index contributed by atoms with van der Waals surface area (Å²) in [5.41, 5.74) is 1.21. The molecule has 0 radical (unpaired) electrons. The summed E-state index contributed by atoms with van der Waals surface area (Å²) >= 11 is 0. The number of aryl methyl sites for hydroxylation is 1. The number of nitrogens with one attached hydrogen (secondary N) is 2. The first-order valence-corrected chi connectivity index (χ1v) is 11.0. The van der Waals surface area contributed by atoms with Crippen LogP contribution >= 0.6 is 24.0 Å². The number of anilines is 1. The largest absolute Gasteiger partial charge is 0.469 e. The van der Waals surface area contributed by atoms with Gasteiger partial charge in [0, 0.05) is 44.3 Å². The maximum Gasteiger partial charge on any atom is 0.191 e. The Bertz CT molecular complexity index is 763. The number of aliphatic imine (C=N–C) groups is 1. The highest BCUT2D eigenvalue weighted by atomic mass is 127. The van der Waals surface area contributed by atoms with Crippen LogP contribution in [0.3, 0.4) is 0 Å². The van der Waals surface area contributed by atoms with E-state index >= 15 is 0 Å². The third-order valence-corrected chi connectivity index (χ3v) is 5.96. The highest BCUT2D eigenvalue weighted by Gasteiger charge is 2.22. The fourth-order valence-corrected chi connectivity index (χ4v) is 4.22. The van der Waals surface area contributed by atoms with Gasteiger partial charge in [-0.05, 0) is 56.4 Å². The highest BCUT2D eigenvalue weighted by Crippen LogP contribution is 2.19. The molecule has 3 heterocycles. The van der Waals surface area contributed by atoms with E-state index in [1.165, 1.54) is 31.2 Å². The van der Waals surface area contributed by atoms with Crippen molar-refractivity contribution in [2.75, 3.05) is 24.5 Å². The van der Waals surface area contributed by atoms with Gasteiger partial charge in [0.1, 0.15) is 11.6 Å². The van der Waals surface area contributed by atoms with Gasteiger partial charge >= 0.3 is 0 Å². The molecule has 2 N–H and O–H groups in total. The van der Waals surface area contributed by atoms with Crippen LogP contribution in [0.1, 0.15) is 49.8 Å². The third kappa shape index (κ3) is 6.62. The van der Waals surface area contributed by atoms with Crippen molar-refractivity contribution in [1.29, 1.82) is 0 Å². The van der Waals surface area contributed by atoms with Gasteiger partial charge in [-0.1, -0.05) is 18.9 Å². The zero-order valence-corrected chi connectivity index (χ0v) is 20.2. The second kappa shape index (κ2) is 11.6. The molecule has 1 aliphatic carbocycles. The van der Waals surface area contributed by atoms with Crippen molar-refractivity contribution in [3.63, 3.8) is 0 Å². The number of hydrogen-bond acceptors (Lipinski definition) is 4. The van der Waals surface area contributed by atoms with Crippen LogP contribution in [-0.2, 0) is 6.42 Å². The van der Waals surface area contributed by atoms with Gasteiger partial charge in [-0.3, -0.25) is 4.99 Å². The summed E-state index contributed by atoms with van der Waals surface area (Å²) in [6.45, 7) is 4.87. The molecule has 1 saturated heterocycles. The maximum atomic E-state index is 5.44. The number of hydrogen-bond donors (Lipinski definition) is 2. The van der Waals surface area contributed by atoms with E-state index in [0.29, 0.717) is 12.1 Å². The van der Waals surface area contributed by atoms with Gasteiger partial charge in [0.05, 0.1) is 6.26 Å². The minimum Gasteiger partial charge on any atom is -0.469 e. The number of piperidine rings is 1. The Morgan fingerprint density at radius 2 is 1.83 bits per heavy atom. The Labute approximate surface area is 196 Å². The number of furan rings is 1.